The molecule has 0 aliphatic heterocycles. The van der Waals surface area contributed by atoms with Crippen LogP contribution in [0.3, 0.4) is 0 Å². The maximum atomic E-state index is 13.1. The zero-order chi connectivity index (χ0) is 17.3. The predicted molar refractivity (Wildman–Crippen MR) is 95.6 cm³/mol. The second-order valence-electron chi connectivity index (χ2n) is 9.69. The third-order valence-electron chi connectivity index (χ3n) is 8.43. The number of carbonyl (C=O) groups is 1. The first-order valence-corrected chi connectivity index (χ1v) is 9.85. The van der Waals surface area contributed by atoms with Crippen molar-refractivity contribution in [2.75, 3.05) is 14.1 Å². The van der Waals surface area contributed by atoms with Gasteiger partial charge in [0.15, 0.2) is 5.78 Å². The molecule has 0 heterocycles. The van der Waals surface area contributed by atoms with E-state index in [1.165, 1.54) is 12.0 Å². The lowest BCUT2D eigenvalue weighted by Gasteiger charge is -2.56. The normalized spacial score (nSPS) is 51.0. The summed E-state index contributed by atoms with van der Waals surface area (Å²) in [6.07, 6.45) is 9.67. The fourth-order valence-corrected chi connectivity index (χ4v) is 6.88. The van der Waals surface area contributed by atoms with E-state index < -0.39 is 0 Å². The van der Waals surface area contributed by atoms with Gasteiger partial charge in [0.05, 0.1) is 12.1 Å². The minimum Gasteiger partial charge on any atom is -0.393 e. The Balaban J connectivity index is 1.68. The molecule has 0 aromatic rings. The molecule has 4 aliphatic rings. The van der Waals surface area contributed by atoms with E-state index in [4.69, 9.17) is 0 Å². The summed E-state index contributed by atoms with van der Waals surface area (Å²) in [5.74, 6) is 2.39. The molecule has 0 aromatic heterocycles. The Labute approximate surface area is 146 Å². The lowest BCUT2D eigenvalue weighted by Crippen LogP contribution is -2.50. The number of aliphatic hydroxyl groups is 1. The Morgan fingerprint density at radius 3 is 2.54 bits per heavy atom. The fraction of sp³-hybridized carbons (Fsp3) is 0.857. The molecule has 3 heteroatoms. The van der Waals surface area contributed by atoms with E-state index >= 15 is 0 Å². The Morgan fingerprint density at radius 2 is 1.83 bits per heavy atom. The first kappa shape index (κ1) is 16.8. The molecule has 4 aliphatic carbocycles. The fourth-order valence-electron chi connectivity index (χ4n) is 6.88. The van der Waals surface area contributed by atoms with Gasteiger partial charge >= 0.3 is 0 Å². The van der Waals surface area contributed by atoms with Gasteiger partial charge < -0.3 is 5.11 Å². The van der Waals surface area contributed by atoms with Crippen molar-refractivity contribution in [2.45, 2.75) is 70.9 Å². The average molecular weight is 332 g/mol. The van der Waals surface area contributed by atoms with Crippen molar-refractivity contribution in [1.29, 1.82) is 0 Å². The van der Waals surface area contributed by atoms with Crippen LogP contribution in [0.2, 0.25) is 0 Å². The van der Waals surface area contributed by atoms with Gasteiger partial charge in [-0.15, -0.1) is 0 Å². The number of rotatable bonds is 1. The van der Waals surface area contributed by atoms with Crippen LogP contribution in [-0.2, 0) is 4.79 Å². The average Bonchev–Trinajstić information content (AvgIpc) is 2.80. The molecule has 1 N–H and O–H groups in total. The topological polar surface area (TPSA) is 40.5 Å². The zero-order valence-corrected chi connectivity index (χ0v) is 15.7. The van der Waals surface area contributed by atoms with Crippen molar-refractivity contribution in [3.8, 4) is 0 Å². The van der Waals surface area contributed by atoms with Crippen LogP contribution in [-0.4, -0.2) is 42.0 Å². The quantitative estimate of drug-likeness (QED) is 0.749. The molecule has 7 atom stereocenters. The summed E-state index contributed by atoms with van der Waals surface area (Å²) in [6.45, 7) is 4.70. The number of hydrogen-bond donors (Lipinski definition) is 1. The molecular formula is C21H33NO2. The largest absolute Gasteiger partial charge is 0.393 e. The highest BCUT2D eigenvalue weighted by atomic mass is 16.3. The molecule has 0 radical (unpaired) electrons. The third-order valence-corrected chi connectivity index (χ3v) is 8.43. The lowest BCUT2D eigenvalue weighted by atomic mass is 9.48. The smallest absolute Gasteiger partial charge is 0.156 e. The van der Waals surface area contributed by atoms with Crippen molar-refractivity contribution in [3.63, 3.8) is 0 Å². The number of ketones is 1. The number of fused-ring (bicyclic) bond motifs is 5. The zero-order valence-electron chi connectivity index (χ0n) is 15.7. The highest BCUT2D eigenvalue weighted by Gasteiger charge is 2.61. The van der Waals surface area contributed by atoms with Crippen LogP contribution in [0.15, 0.2) is 11.6 Å². The van der Waals surface area contributed by atoms with Crippen LogP contribution >= 0.6 is 0 Å². The van der Waals surface area contributed by atoms with Crippen molar-refractivity contribution < 1.29 is 9.90 Å². The van der Waals surface area contributed by atoms with Crippen LogP contribution < -0.4 is 0 Å². The van der Waals surface area contributed by atoms with Gasteiger partial charge in [-0.3, -0.25) is 9.69 Å². The lowest BCUT2D eigenvalue weighted by molar-refractivity contribution is -0.134. The van der Waals surface area contributed by atoms with E-state index in [0.29, 0.717) is 23.5 Å². The summed E-state index contributed by atoms with van der Waals surface area (Å²) in [5, 5.41) is 10.1. The number of Topliss-reactive ketones (excluding diaryl/α,β-unsaturated/α-hetero) is 1. The minimum absolute atomic E-state index is 0.105. The molecule has 0 aromatic carbocycles. The number of nitrogens with zero attached hydrogens (tertiary/aromatic N) is 1. The van der Waals surface area contributed by atoms with E-state index in [1.54, 1.807) is 0 Å². The number of carbonyl (C=O) groups excluding carboxylic acids is 1. The number of allylic oxidation sites excluding steroid dienone is 1. The summed E-state index contributed by atoms with van der Waals surface area (Å²) in [4.78, 5) is 15.2. The maximum absolute atomic E-state index is 13.1. The summed E-state index contributed by atoms with van der Waals surface area (Å²) in [5.41, 5.74) is 1.67. The van der Waals surface area contributed by atoms with Crippen molar-refractivity contribution in [1.82, 2.24) is 4.90 Å². The van der Waals surface area contributed by atoms with E-state index in [9.17, 15) is 9.90 Å². The van der Waals surface area contributed by atoms with Gasteiger partial charge in [-0.2, -0.15) is 0 Å². The molecule has 3 saturated carbocycles. The highest BCUT2D eigenvalue weighted by molar-refractivity contribution is 5.92. The standard InChI is InChI=1S/C21H33NO2/c1-20-9-7-14(23)11-13(20)5-6-15-16(20)8-10-21(2)17(15)12-18(19(21)24)22(3)4/h5,14-18,23H,6-12H2,1-4H3/t14-,15+,16-,17-,18+,20-,21-/m0/s1. The molecule has 0 amide bonds. The van der Waals surface area contributed by atoms with Crippen LogP contribution in [0.25, 0.3) is 0 Å². The van der Waals surface area contributed by atoms with Crippen molar-refractivity contribution in [2.24, 2.45) is 28.6 Å². The molecular weight excluding hydrogens is 298 g/mol. The number of aliphatic hydroxyl groups excluding tert-OH is 1. The molecule has 3 fully saturated rings. The molecule has 134 valence electrons. The van der Waals surface area contributed by atoms with Crippen LogP contribution in [0.5, 0.6) is 0 Å². The van der Waals surface area contributed by atoms with Crippen molar-refractivity contribution in [3.05, 3.63) is 11.6 Å². The van der Waals surface area contributed by atoms with Crippen LogP contribution in [0, 0.1) is 28.6 Å². The van der Waals surface area contributed by atoms with E-state index in [2.05, 4.69) is 38.9 Å². The van der Waals surface area contributed by atoms with Crippen LogP contribution in [0.1, 0.15) is 58.8 Å². The van der Waals surface area contributed by atoms with Gasteiger partial charge in [0.25, 0.3) is 0 Å². The first-order valence-electron chi connectivity index (χ1n) is 9.85. The van der Waals surface area contributed by atoms with E-state index in [-0.39, 0.29) is 23.0 Å². The Kier molecular flexibility index (Phi) is 3.78. The van der Waals surface area contributed by atoms with Crippen LogP contribution in [0.4, 0.5) is 0 Å². The molecule has 3 nitrogen and oxygen atoms in total. The molecule has 0 bridgehead atoms. The van der Waals surface area contributed by atoms with Gasteiger partial charge in [0.2, 0.25) is 0 Å². The second kappa shape index (κ2) is 5.41. The molecule has 0 unspecified atom stereocenters. The highest BCUT2D eigenvalue weighted by Crippen LogP contribution is 2.64. The van der Waals surface area contributed by atoms with Gasteiger partial charge in [-0.25, -0.2) is 0 Å². The summed E-state index contributed by atoms with van der Waals surface area (Å²) < 4.78 is 0. The molecule has 0 spiro atoms. The predicted octanol–water partition coefficient (Wildman–Crippen LogP) is 3.42. The third kappa shape index (κ3) is 2.13. The minimum atomic E-state index is -0.138. The van der Waals surface area contributed by atoms with Gasteiger partial charge in [-0.05, 0) is 82.2 Å². The first-order chi connectivity index (χ1) is 11.3. The van der Waals surface area contributed by atoms with Gasteiger partial charge in [0, 0.05) is 5.41 Å². The van der Waals surface area contributed by atoms with Gasteiger partial charge in [-0.1, -0.05) is 25.5 Å². The summed E-state index contributed by atoms with van der Waals surface area (Å²) in [6, 6.07) is 0.116. The Morgan fingerprint density at radius 1 is 1.12 bits per heavy atom. The number of hydrogen-bond acceptors (Lipinski definition) is 3. The van der Waals surface area contributed by atoms with Gasteiger partial charge in [0.1, 0.15) is 0 Å². The maximum Gasteiger partial charge on any atom is 0.156 e. The van der Waals surface area contributed by atoms with E-state index in [0.717, 1.165) is 38.5 Å². The number of likely N-dealkylation sites (N-methyl/N-ethyl adjacent to an activating group) is 1. The van der Waals surface area contributed by atoms with E-state index in [1.807, 2.05) is 0 Å². The SMILES string of the molecule is CN(C)[C@@H]1C[C@H]2[C@@H]3CC=C4C[C@@H](O)CC[C@]4(C)[C@H]3CC[C@]2(C)C1=O. The Hall–Kier alpha value is -0.670. The summed E-state index contributed by atoms with van der Waals surface area (Å²) in [7, 11) is 4.12. The molecule has 4 rings (SSSR count). The molecule has 0 saturated heterocycles. The Bertz CT molecular complexity index is 582. The monoisotopic (exact) mass is 331 g/mol. The summed E-state index contributed by atoms with van der Waals surface area (Å²) >= 11 is 0. The second-order valence-corrected chi connectivity index (χ2v) is 9.69. The van der Waals surface area contributed by atoms with Crippen molar-refractivity contribution >= 4 is 5.78 Å². The molecule has 24 heavy (non-hydrogen) atoms.